The number of halogens is 2. The molecule has 148 valence electrons. The number of ether oxygens (including phenoxy) is 1. The Kier molecular flexibility index (Phi) is 5.37. The fraction of sp³-hybridized carbons (Fsp3) is 0.368. The van der Waals surface area contributed by atoms with Gasteiger partial charge in [0.1, 0.15) is 6.61 Å². The number of likely N-dealkylation sites (tertiary alicyclic amines) is 1. The lowest BCUT2D eigenvalue weighted by molar-refractivity contribution is 0.130. The number of amides is 1. The van der Waals surface area contributed by atoms with Crippen LogP contribution in [0.1, 0.15) is 12.8 Å². The first-order chi connectivity index (χ1) is 13.5. The number of aromatic nitrogens is 1. The SMILES string of the molecule is O=C(O)N1CCC(N2CCOc3c(Nc4c(Cl)cncc4Cl)cccc32)CC1. The minimum Gasteiger partial charge on any atom is -0.487 e. The number of benzene rings is 1. The average molecular weight is 423 g/mol. The van der Waals surface area contributed by atoms with E-state index in [1.165, 1.54) is 17.3 Å². The van der Waals surface area contributed by atoms with Gasteiger partial charge in [0.25, 0.3) is 0 Å². The van der Waals surface area contributed by atoms with Gasteiger partial charge < -0.3 is 25.0 Å². The number of carbonyl (C=O) groups is 1. The third kappa shape index (κ3) is 3.64. The molecular formula is C19H20Cl2N4O3. The molecule has 3 heterocycles. The van der Waals surface area contributed by atoms with E-state index < -0.39 is 6.09 Å². The van der Waals surface area contributed by atoms with Crippen LogP contribution in [0.4, 0.5) is 21.9 Å². The molecule has 0 saturated carbocycles. The average Bonchev–Trinajstić information content (AvgIpc) is 2.70. The van der Waals surface area contributed by atoms with Gasteiger partial charge in [-0.3, -0.25) is 4.98 Å². The lowest BCUT2D eigenvalue weighted by Crippen LogP contribution is -2.48. The Morgan fingerprint density at radius 3 is 2.57 bits per heavy atom. The standard InChI is InChI=1S/C19H20Cl2N4O3/c20-13-10-22-11-14(21)17(13)23-15-2-1-3-16-18(15)28-9-8-25(16)12-4-6-24(7-5-12)19(26)27/h1-3,10-12H,4-9H2,(H,22,23)(H,26,27). The Balaban J connectivity index is 1.59. The molecule has 0 atom stereocenters. The summed E-state index contributed by atoms with van der Waals surface area (Å²) in [5, 5.41) is 13.3. The molecule has 0 spiro atoms. The second kappa shape index (κ2) is 7.93. The summed E-state index contributed by atoms with van der Waals surface area (Å²) in [6.07, 6.45) is 3.82. The number of para-hydroxylation sites is 1. The van der Waals surface area contributed by atoms with Gasteiger partial charge in [-0.25, -0.2) is 4.79 Å². The molecular weight excluding hydrogens is 403 g/mol. The van der Waals surface area contributed by atoms with E-state index in [1.54, 1.807) is 0 Å². The molecule has 1 aromatic heterocycles. The van der Waals surface area contributed by atoms with Gasteiger partial charge in [-0.1, -0.05) is 29.3 Å². The van der Waals surface area contributed by atoms with Crippen LogP contribution in [0.2, 0.25) is 10.0 Å². The number of rotatable bonds is 3. The Morgan fingerprint density at radius 1 is 1.18 bits per heavy atom. The zero-order valence-electron chi connectivity index (χ0n) is 15.1. The summed E-state index contributed by atoms with van der Waals surface area (Å²) in [6, 6.07) is 6.18. The van der Waals surface area contributed by atoms with Crippen LogP contribution in [0.3, 0.4) is 0 Å². The topological polar surface area (TPSA) is 77.9 Å². The van der Waals surface area contributed by atoms with Crippen molar-refractivity contribution >= 4 is 46.4 Å². The highest BCUT2D eigenvalue weighted by Gasteiger charge is 2.31. The van der Waals surface area contributed by atoms with E-state index in [0.717, 1.165) is 36.5 Å². The van der Waals surface area contributed by atoms with Crippen LogP contribution >= 0.6 is 23.2 Å². The van der Waals surface area contributed by atoms with Crippen LogP contribution in [-0.2, 0) is 0 Å². The summed E-state index contributed by atoms with van der Waals surface area (Å²) in [7, 11) is 0. The zero-order valence-corrected chi connectivity index (χ0v) is 16.6. The molecule has 2 N–H and O–H groups in total. The number of nitrogens with zero attached hydrogens (tertiary/aromatic N) is 3. The molecule has 1 saturated heterocycles. The van der Waals surface area contributed by atoms with Crippen LogP contribution in [-0.4, -0.2) is 53.4 Å². The molecule has 7 nitrogen and oxygen atoms in total. The van der Waals surface area contributed by atoms with Gasteiger partial charge in [0.05, 0.1) is 33.7 Å². The summed E-state index contributed by atoms with van der Waals surface area (Å²) in [5.41, 5.74) is 2.36. The number of anilines is 3. The molecule has 0 unspecified atom stereocenters. The minimum atomic E-state index is -0.849. The van der Waals surface area contributed by atoms with Crippen molar-refractivity contribution in [3.63, 3.8) is 0 Å². The van der Waals surface area contributed by atoms with Crippen molar-refractivity contribution in [2.45, 2.75) is 18.9 Å². The first-order valence-electron chi connectivity index (χ1n) is 9.11. The summed E-state index contributed by atoms with van der Waals surface area (Å²) in [5.74, 6) is 0.748. The van der Waals surface area contributed by atoms with E-state index in [2.05, 4.69) is 15.2 Å². The maximum atomic E-state index is 11.2. The lowest BCUT2D eigenvalue weighted by Gasteiger charge is -2.41. The van der Waals surface area contributed by atoms with Crippen molar-refractivity contribution in [3.8, 4) is 5.75 Å². The predicted molar refractivity (Wildman–Crippen MR) is 109 cm³/mol. The Hall–Kier alpha value is -2.38. The quantitative estimate of drug-likeness (QED) is 0.759. The molecule has 28 heavy (non-hydrogen) atoms. The van der Waals surface area contributed by atoms with E-state index in [1.807, 2.05) is 18.2 Å². The number of hydrogen-bond donors (Lipinski definition) is 2. The monoisotopic (exact) mass is 422 g/mol. The zero-order chi connectivity index (χ0) is 19.7. The van der Waals surface area contributed by atoms with Crippen molar-refractivity contribution in [1.82, 2.24) is 9.88 Å². The Labute approximate surface area is 172 Å². The smallest absolute Gasteiger partial charge is 0.407 e. The van der Waals surface area contributed by atoms with Gasteiger partial charge in [-0.05, 0) is 25.0 Å². The highest BCUT2D eigenvalue weighted by molar-refractivity contribution is 6.39. The van der Waals surface area contributed by atoms with Crippen molar-refractivity contribution in [3.05, 3.63) is 40.6 Å². The predicted octanol–water partition coefficient (Wildman–Crippen LogP) is 4.47. The second-order valence-electron chi connectivity index (χ2n) is 6.80. The fourth-order valence-electron chi connectivity index (χ4n) is 3.78. The van der Waals surface area contributed by atoms with E-state index in [0.29, 0.717) is 35.4 Å². The number of nitrogens with one attached hydrogen (secondary N) is 1. The van der Waals surface area contributed by atoms with Crippen LogP contribution < -0.4 is 15.0 Å². The summed E-state index contributed by atoms with van der Waals surface area (Å²) in [4.78, 5) is 18.9. The molecule has 0 aliphatic carbocycles. The maximum Gasteiger partial charge on any atom is 0.407 e. The molecule has 2 aliphatic heterocycles. The maximum absolute atomic E-state index is 11.2. The molecule has 2 aliphatic rings. The van der Waals surface area contributed by atoms with E-state index >= 15 is 0 Å². The number of piperidine rings is 1. The van der Waals surface area contributed by atoms with Gasteiger partial charge in [-0.2, -0.15) is 0 Å². The van der Waals surface area contributed by atoms with E-state index in [-0.39, 0.29) is 6.04 Å². The van der Waals surface area contributed by atoms with Crippen LogP contribution in [0, 0.1) is 0 Å². The lowest BCUT2D eigenvalue weighted by atomic mass is 10.0. The first-order valence-corrected chi connectivity index (χ1v) is 9.86. The third-order valence-corrected chi connectivity index (χ3v) is 5.74. The molecule has 1 amide bonds. The molecule has 0 bridgehead atoms. The molecule has 4 rings (SSSR count). The largest absolute Gasteiger partial charge is 0.487 e. The molecule has 2 aromatic rings. The number of fused-ring (bicyclic) bond motifs is 1. The Bertz CT molecular complexity index is 867. The van der Waals surface area contributed by atoms with Gasteiger partial charge in [0, 0.05) is 31.5 Å². The van der Waals surface area contributed by atoms with Crippen molar-refractivity contribution < 1.29 is 14.6 Å². The van der Waals surface area contributed by atoms with Crippen molar-refractivity contribution in [1.29, 1.82) is 0 Å². The van der Waals surface area contributed by atoms with E-state index in [9.17, 15) is 9.90 Å². The number of carboxylic acid groups (broad SMARTS) is 1. The van der Waals surface area contributed by atoms with E-state index in [4.69, 9.17) is 27.9 Å². The molecule has 1 aromatic carbocycles. The number of pyridine rings is 1. The van der Waals surface area contributed by atoms with Crippen LogP contribution in [0.15, 0.2) is 30.6 Å². The van der Waals surface area contributed by atoms with Crippen LogP contribution in [0.5, 0.6) is 5.75 Å². The van der Waals surface area contributed by atoms with Crippen LogP contribution in [0.25, 0.3) is 0 Å². The normalized spacial score (nSPS) is 17.1. The summed E-state index contributed by atoms with van der Waals surface area (Å²) < 4.78 is 5.98. The third-order valence-electron chi connectivity index (χ3n) is 5.17. The van der Waals surface area contributed by atoms with Gasteiger partial charge in [0.2, 0.25) is 0 Å². The number of hydrogen-bond acceptors (Lipinski definition) is 5. The van der Waals surface area contributed by atoms with Gasteiger partial charge in [0.15, 0.2) is 5.75 Å². The van der Waals surface area contributed by atoms with Gasteiger partial charge in [-0.15, -0.1) is 0 Å². The molecule has 9 heteroatoms. The highest BCUT2D eigenvalue weighted by Crippen LogP contribution is 2.43. The summed E-state index contributed by atoms with van der Waals surface area (Å²) >= 11 is 12.5. The second-order valence-corrected chi connectivity index (χ2v) is 7.61. The minimum absolute atomic E-state index is 0.279. The van der Waals surface area contributed by atoms with Crippen molar-refractivity contribution in [2.75, 3.05) is 36.5 Å². The molecule has 0 radical (unpaired) electrons. The molecule has 1 fully saturated rings. The van der Waals surface area contributed by atoms with Crippen molar-refractivity contribution in [2.24, 2.45) is 0 Å². The summed E-state index contributed by atoms with van der Waals surface area (Å²) in [6.45, 7) is 2.42. The Morgan fingerprint density at radius 2 is 1.89 bits per heavy atom. The van der Waals surface area contributed by atoms with Gasteiger partial charge >= 0.3 is 6.09 Å². The first kappa shape index (κ1) is 19.0. The highest BCUT2D eigenvalue weighted by atomic mass is 35.5. The fourth-order valence-corrected chi connectivity index (χ4v) is 4.24.